The van der Waals surface area contributed by atoms with Crippen LogP contribution in [0.4, 0.5) is 8.78 Å². The van der Waals surface area contributed by atoms with Gasteiger partial charge in [-0.15, -0.1) is 0 Å². The van der Waals surface area contributed by atoms with Gasteiger partial charge < -0.3 is 0 Å². The summed E-state index contributed by atoms with van der Waals surface area (Å²) in [6, 6.07) is 2.91. The number of carbonyl (C=O) groups excluding carboxylic acids is 1. The molecule has 0 atom stereocenters. The second kappa shape index (κ2) is 5.53. The van der Waals surface area contributed by atoms with Gasteiger partial charge in [-0.3, -0.25) is 4.79 Å². The van der Waals surface area contributed by atoms with Gasteiger partial charge in [0.1, 0.15) is 11.6 Å². The van der Waals surface area contributed by atoms with Gasteiger partial charge in [0, 0.05) is 11.8 Å². The molecule has 0 aliphatic rings. The summed E-state index contributed by atoms with van der Waals surface area (Å²) in [5, 5.41) is 4.18. The molecule has 2 aromatic rings. The van der Waals surface area contributed by atoms with Crippen LogP contribution in [0.3, 0.4) is 0 Å². The van der Waals surface area contributed by atoms with E-state index in [9.17, 15) is 13.6 Å². The normalized spacial score (nSPS) is 10.8. The van der Waals surface area contributed by atoms with Crippen LogP contribution >= 0.6 is 0 Å². The Labute approximate surface area is 116 Å². The van der Waals surface area contributed by atoms with Crippen molar-refractivity contribution < 1.29 is 13.6 Å². The average Bonchev–Trinajstić information content (AvgIpc) is 2.66. The lowest BCUT2D eigenvalue weighted by Gasteiger charge is -2.05. The van der Waals surface area contributed by atoms with E-state index < -0.39 is 17.5 Å². The molecule has 0 N–H and O–H groups in total. The second-order valence-corrected chi connectivity index (χ2v) is 4.74. The van der Waals surface area contributed by atoms with Gasteiger partial charge in [-0.1, -0.05) is 13.3 Å². The van der Waals surface area contributed by atoms with Crippen LogP contribution in [0.5, 0.6) is 0 Å². The van der Waals surface area contributed by atoms with Gasteiger partial charge in [-0.25, -0.2) is 13.5 Å². The Bertz CT molecular complexity index is 662. The summed E-state index contributed by atoms with van der Waals surface area (Å²) in [6.07, 6.45) is 1.75. The third-order valence-electron chi connectivity index (χ3n) is 3.30. The molecule has 0 unspecified atom stereocenters. The number of rotatable bonds is 3. The predicted octanol–water partition coefficient (Wildman–Crippen LogP) is 3.42. The Hall–Kier alpha value is -2.04. The molecule has 0 radical (unpaired) electrons. The molecule has 2 rings (SSSR count). The fraction of sp³-hybridized carbons (Fsp3) is 0.333. The zero-order valence-electron chi connectivity index (χ0n) is 11.7. The summed E-state index contributed by atoms with van der Waals surface area (Å²) in [5.41, 5.74) is 2.29. The summed E-state index contributed by atoms with van der Waals surface area (Å²) in [7, 11) is 0. The maximum absolute atomic E-state index is 13.7. The average molecular weight is 278 g/mol. The summed E-state index contributed by atoms with van der Waals surface area (Å²) in [6.45, 7) is 5.64. The molecular weight excluding hydrogens is 262 g/mol. The molecule has 1 aromatic carbocycles. The minimum Gasteiger partial charge on any atom is -0.267 e. The summed E-state index contributed by atoms with van der Waals surface area (Å²) in [4.78, 5) is 12.3. The molecule has 5 heteroatoms. The first-order chi connectivity index (χ1) is 9.45. The van der Waals surface area contributed by atoms with Gasteiger partial charge in [0.15, 0.2) is 0 Å². The quantitative estimate of drug-likeness (QED) is 0.862. The minimum absolute atomic E-state index is 0.181. The molecule has 0 amide bonds. The topological polar surface area (TPSA) is 34.9 Å². The SMILES string of the molecule is CCCc1c(C)nn(C(=O)c2ccc(F)cc2F)c1C. The van der Waals surface area contributed by atoms with Crippen LogP contribution in [0.25, 0.3) is 0 Å². The van der Waals surface area contributed by atoms with Crippen LogP contribution in [0, 0.1) is 25.5 Å². The monoisotopic (exact) mass is 278 g/mol. The largest absolute Gasteiger partial charge is 0.281 e. The number of aromatic nitrogens is 2. The third kappa shape index (κ3) is 2.48. The number of aryl methyl sites for hydroxylation is 1. The molecule has 0 aliphatic heterocycles. The Morgan fingerprint density at radius 3 is 2.60 bits per heavy atom. The first-order valence-corrected chi connectivity index (χ1v) is 6.50. The van der Waals surface area contributed by atoms with E-state index >= 15 is 0 Å². The van der Waals surface area contributed by atoms with E-state index in [2.05, 4.69) is 5.10 Å². The van der Waals surface area contributed by atoms with Crippen molar-refractivity contribution in [1.29, 1.82) is 0 Å². The van der Waals surface area contributed by atoms with Crippen molar-refractivity contribution >= 4 is 5.91 Å². The fourth-order valence-electron chi connectivity index (χ4n) is 2.26. The van der Waals surface area contributed by atoms with Crippen molar-refractivity contribution in [3.05, 3.63) is 52.3 Å². The van der Waals surface area contributed by atoms with E-state index in [0.717, 1.165) is 36.2 Å². The molecular formula is C15H16F2N2O. The predicted molar refractivity (Wildman–Crippen MR) is 71.8 cm³/mol. The van der Waals surface area contributed by atoms with E-state index in [0.29, 0.717) is 11.8 Å². The molecule has 0 aliphatic carbocycles. The Morgan fingerprint density at radius 2 is 2.00 bits per heavy atom. The Kier molecular flexibility index (Phi) is 3.97. The van der Waals surface area contributed by atoms with E-state index in [1.54, 1.807) is 6.92 Å². The van der Waals surface area contributed by atoms with Gasteiger partial charge in [0.05, 0.1) is 11.3 Å². The fourth-order valence-corrected chi connectivity index (χ4v) is 2.26. The highest BCUT2D eigenvalue weighted by molar-refractivity contribution is 5.96. The lowest BCUT2D eigenvalue weighted by Crippen LogP contribution is -2.17. The molecule has 20 heavy (non-hydrogen) atoms. The highest BCUT2D eigenvalue weighted by atomic mass is 19.1. The number of benzene rings is 1. The Morgan fingerprint density at radius 1 is 1.30 bits per heavy atom. The summed E-state index contributed by atoms with van der Waals surface area (Å²) >= 11 is 0. The molecule has 0 fully saturated rings. The van der Waals surface area contributed by atoms with Crippen molar-refractivity contribution in [2.75, 3.05) is 0 Å². The highest BCUT2D eigenvalue weighted by Gasteiger charge is 2.20. The van der Waals surface area contributed by atoms with E-state index in [1.165, 1.54) is 4.68 Å². The molecule has 0 spiro atoms. The Balaban J connectivity index is 2.46. The molecule has 106 valence electrons. The number of hydrogen-bond acceptors (Lipinski definition) is 2. The maximum atomic E-state index is 13.7. The third-order valence-corrected chi connectivity index (χ3v) is 3.30. The van der Waals surface area contributed by atoms with Crippen molar-refractivity contribution in [3.63, 3.8) is 0 Å². The lowest BCUT2D eigenvalue weighted by atomic mass is 10.1. The van der Waals surface area contributed by atoms with Crippen molar-refractivity contribution in [2.45, 2.75) is 33.6 Å². The van der Waals surface area contributed by atoms with E-state index in [-0.39, 0.29) is 5.56 Å². The summed E-state index contributed by atoms with van der Waals surface area (Å²) in [5.74, 6) is -2.16. The zero-order chi connectivity index (χ0) is 14.9. The van der Waals surface area contributed by atoms with Crippen molar-refractivity contribution in [2.24, 2.45) is 0 Å². The van der Waals surface area contributed by atoms with Crippen LogP contribution in [-0.4, -0.2) is 15.7 Å². The van der Waals surface area contributed by atoms with E-state index in [4.69, 9.17) is 0 Å². The van der Waals surface area contributed by atoms with Crippen molar-refractivity contribution in [1.82, 2.24) is 9.78 Å². The van der Waals surface area contributed by atoms with Crippen LogP contribution in [0.1, 0.15) is 40.7 Å². The van der Waals surface area contributed by atoms with E-state index in [1.807, 2.05) is 13.8 Å². The zero-order valence-corrected chi connectivity index (χ0v) is 11.7. The number of carbonyl (C=O) groups is 1. The molecule has 3 nitrogen and oxygen atoms in total. The van der Waals surface area contributed by atoms with Gasteiger partial charge in [0.2, 0.25) is 0 Å². The van der Waals surface area contributed by atoms with Crippen LogP contribution in [0.2, 0.25) is 0 Å². The lowest BCUT2D eigenvalue weighted by molar-refractivity contribution is 0.0938. The highest BCUT2D eigenvalue weighted by Crippen LogP contribution is 2.18. The maximum Gasteiger partial charge on any atom is 0.281 e. The molecule has 0 saturated heterocycles. The molecule has 0 saturated carbocycles. The minimum atomic E-state index is -0.875. The summed E-state index contributed by atoms with van der Waals surface area (Å²) < 4.78 is 27.8. The molecule has 0 bridgehead atoms. The number of hydrogen-bond donors (Lipinski definition) is 0. The van der Waals surface area contributed by atoms with Gasteiger partial charge in [-0.05, 0) is 38.0 Å². The van der Waals surface area contributed by atoms with Crippen LogP contribution in [-0.2, 0) is 6.42 Å². The molecule has 1 heterocycles. The number of nitrogens with zero attached hydrogens (tertiary/aromatic N) is 2. The van der Waals surface area contributed by atoms with Gasteiger partial charge in [-0.2, -0.15) is 5.10 Å². The first kappa shape index (κ1) is 14.4. The smallest absolute Gasteiger partial charge is 0.267 e. The van der Waals surface area contributed by atoms with Crippen molar-refractivity contribution in [3.8, 4) is 0 Å². The first-order valence-electron chi connectivity index (χ1n) is 6.50. The van der Waals surface area contributed by atoms with Crippen LogP contribution < -0.4 is 0 Å². The van der Waals surface area contributed by atoms with Crippen LogP contribution in [0.15, 0.2) is 18.2 Å². The van der Waals surface area contributed by atoms with Gasteiger partial charge in [0.25, 0.3) is 5.91 Å². The standard InChI is InChI=1S/C15H16F2N2O/c1-4-5-12-9(2)18-19(10(12)3)15(20)13-7-6-11(16)8-14(13)17/h6-8H,4-5H2,1-3H3. The number of halogens is 2. The second-order valence-electron chi connectivity index (χ2n) is 4.74. The van der Waals surface area contributed by atoms with Gasteiger partial charge >= 0.3 is 0 Å². The molecule has 1 aromatic heterocycles.